The highest BCUT2D eigenvalue weighted by Gasteiger charge is 2.15. The van der Waals surface area contributed by atoms with E-state index in [1.165, 1.54) is 0 Å². The van der Waals surface area contributed by atoms with Crippen molar-refractivity contribution in [1.29, 1.82) is 0 Å². The van der Waals surface area contributed by atoms with Gasteiger partial charge in [0.05, 0.1) is 6.04 Å². The lowest BCUT2D eigenvalue weighted by atomic mass is 10.1. The SMILES string of the molecule is Cc1cc(C=O)c(C)n1C(C)c1cccnc1. The summed E-state index contributed by atoms with van der Waals surface area (Å²) < 4.78 is 2.17. The third kappa shape index (κ3) is 2.00. The molecular formula is C14H16N2O. The van der Waals surface area contributed by atoms with Crippen molar-refractivity contribution in [3.8, 4) is 0 Å². The molecule has 0 saturated heterocycles. The molecule has 17 heavy (non-hydrogen) atoms. The Morgan fingerprint density at radius 3 is 2.71 bits per heavy atom. The Bertz CT molecular complexity index is 529. The van der Waals surface area contributed by atoms with Crippen molar-refractivity contribution in [3.05, 3.63) is 53.1 Å². The van der Waals surface area contributed by atoms with Gasteiger partial charge in [0.25, 0.3) is 0 Å². The minimum Gasteiger partial charge on any atom is -0.341 e. The van der Waals surface area contributed by atoms with Crippen LogP contribution in [0.5, 0.6) is 0 Å². The molecule has 1 atom stereocenters. The van der Waals surface area contributed by atoms with Gasteiger partial charge in [0.15, 0.2) is 6.29 Å². The third-order valence-corrected chi connectivity index (χ3v) is 3.20. The molecule has 0 amide bonds. The van der Waals surface area contributed by atoms with Gasteiger partial charge in [0.2, 0.25) is 0 Å². The van der Waals surface area contributed by atoms with E-state index in [2.05, 4.69) is 22.5 Å². The van der Waals surface area contributed by atoms with Crippen molar-refractivity contribution in [2.75, 3.05) is 0 Å². The minimum atomic E-state index is 0.192. The van der Waals surface area contributed by atoms with Gasteiger partial charge < -0.3 is 4.57 Å². The molecule has 2 heterocycles. The maximum Gasteiger partial charge on any atom is 0.151 e. The Kier molecular flexibility index (Phi) is 3.09. The summed E-state index contributed by atoms with van der Waals surface area (Å²) in [5, 5.41) is 0. The third-order valence-electron chi connectivity index (χ3n) is 3.20. The zero-order chi connectivity index (χ0) is 12.4. The van der Waals surface area contributed by atoms with Gasteiger partial charge in [-0.15, -0.1) is 0 Å². The Labute approximate surface area is 101 Å². The van der Waals surface area contributed by atoms with Crippen molar-refractivity contribution in [2.24, 2.45) is 0 Å². The lowest BCUT2D eigenvalue weighted by Gasteiger charge is -2.18. The largest absolute Gasteiger partial charge is 0.341 e. The van der Waals surface area contributed by atoms with E-state index in [0.717, 1.165) is 28.8 Å². The molecule has 0 aromatic carbocycles. The molecule has 0 fully saturated rings. The summed E-state index contributed by atoms with van der Waals surface area (Å²) in [5.74, 6) is 0. The Morgan fingerprint density at radius 2 is 2.18 bits per heavy atom. The average molecular weight is 228 g/mol. The second-order valence-electron chi connectivity index (χ2n) is 4.28. The smallest absolute Gasteiger partial charge is 0.151 e. The summed E-state index contributed by atoms with van der Waals surface area (Å²) in [5.41, 5.74) is 4.01. The van der Waals surface area contributed by atoms with Crippen LogP contribution in [0, 0.1) is 13.8 Å². The topological polar surface area (TPSA) is 34.9 Å². The van der Waals surface area contributed by atoms with E-state index < -0.39 is 0 Å². The number of hydrogen-bond donors (Lipinski definition) is 0. The fourth-order valence-corrected chi connectivity index (χ4v) is 2.29. The second kappa shape index (κ2) is 4.53. The first-order valence-electron chi connectivity index (χ1n) is 5.68. The van der Waals surface area contributed by atoms with Crippen molar-refractivity contribution in [3.63, 3.8) is 0 Å². The molecule has 2 aromatic rings. The highest BCUT2D eigenvalue weighted by Crippen LogP contribution is 2.24. The minimum absolute atomic E-state index is 0.192. The van der Waals surface area contributed by atoms with Crippen LogP contribution in [0.4, 0.5) is 0 Å². The van der Waals surface area contributed by atoms with Gasteiger partial charge >= 0.3 is 0 Å². The van der Waals surface area contributed by atoms with Gasteiger partial charge in [-0.25, -0.2) is 0 Å². The predicted molar refractivity (Wildman–Crippen MR) is 67.3 cm³/mol. The van der Waals surface area contributed by atoms with Gasteiger partial charge in [-0.1, -0.05) is 6.07 Å². The van der Waals surface area contributed by atoms with E-state index in [4.69, 9.17) is 0 Å². The van der Waals surface area contributed by atoms with Gasteiger partial charge in [0.1, 0.15) is 0 Å². The van der Waals surface area contributed by atoms with Crippen LogP contribution >= 0.6 is 0 Å². The molecular weight excluding hydrogens is 212 g/mol. The van der Waals surface area contributed by atoms with Gasteiger partial charge in [-0.2, -0.15) is 0 Å². The van der Waals surface area contributed by atoms with Crippen LogP contribution < -0.4 is 0 Å². The maximum absolute atomic E-state index is 10.9. The molecule has 0 saturated carbocycles. The van der Waals surface area contributed by atoms with Crippen LogP contribution in [-0.4, -0.2) is 15.8 Å². The molecule has 2 rings (SSSR count). The van der Waals surface area contributed by atoms with E-state index in [9.17, 15) is 4.79 Å². The van der Waals surface area contributed by atoms with E-state index in [0.29, 0.717) is 0 Å². The number of rotatable bonds is 3. The number of aromatic nitrogens is 2. The number of aldehydes is 1. The van der Waals surface area contributed by atoms with E-state index in [1.807, 2.05) is 32.2 Å². The normalized spacial score (nSPS) is 12.4. The standard InChI is InChI=1S/C14H16N2O/c1-10-7-14(9-17)12(3)16(10)11(2)13-5-4-6-15-8-13/h4-9,11H,1-3H3. The van der Waals surface area contributed by atoms with Crippen molar-refractivity contribution >= 4 is 6.29 Å². The number of carbonyl (C=O) groups is 1. The molecule has 1 unspecified atom stereocenters. The van der Waals surface area contributed by atoms with Crippen molar-refractivity contribution < 1.29 is 4.79 Å². The zero-order valence-electron chi connectivity index (χ0n) is 10.3. The maximum atomic E-state index is 10.9. The number of nitrogens with zero attached hydrogens (tertiary/aromatic N) is 2. The van der Waals surface area contributed by atoms with Crippen LogP contribution in [0.1, 0.15) is 40.3 Å². The summed E-state index contributed by atoms with van der Waals surface area (Å²) in [4.78, 5) is 15.1. The van der Waals surface area contributed by atoms with Crippen LogP contribution in [0.2, 0.25) is 0 Å². The summed E-state index contributed by atoms with van der Waals surface area (Å²) in [6.07, 6.45) is 4.54. The molecule has 3 heteroatoms. The molecule has 2 aromatic heterocycles. The molecule has 3 nitrogen and oxygen atoms in total. The van der Waals surface area contributed by atoms with Gasteiger partial charge in [0, 0.05) is 29.3 Å². The fraction of sp³-hybridized carbons (Fsp3) is 0.286. The molecule has 0 aliphatic rings. The zero-order valence-corrected chi connectivity index (χ0v) is 10.3. The Balaban J connectivity index is 2.47. The quantitative estimate of drug-likeness (QED) is 0.757. The fourth-order valence-electron chi connectivity index (χ4n) is 2.29. The lowest BCUT2D eigenvalue weighted by molar-refractivity contribution is 0.112. The highest BCUT2D eigenvalue weighted by molar-refractivity contribution is 5.77. The Morgan fingerprint density at radius 1 is 1.41 bits per heavy atom. The Hall–Kier alpha value is -1.90. The first-order chi connectivity index (χ1) is 8.15. The number of carbonyl (C=O) groups excluding carboxylic acids is 1. The van der Waals surface area contributed by atoms with E-state index in [1.54, 1.807) is 6.20 Å². The molecule has 88 valence electrons. The predicted octanol–water partition coefficient (Wildman–Crippen LogP) is 2.92. The van der Waals surface area contributed by atoms with E-state index in [-0.39, 0.29) is 6.04 Å². The molecule has 0 aliphatic heterocycles. The number of pyridine rings is 1. The molecule has 0 N–H and O–H groups in total. The summed E-state index contributed by atoms with van der Waals surface area (Å²) in [6.45, 7) is 6.11. The second-order valence-corrected chi connectivity index (χ2v) is 4.28. The number of aryl methyl sites for hydroxylation is 1. The van der Waals surface area contributed by atoms with Crippen LogP contribution in [0.15, 0.2) is 30.6 Å². The molecule has 0 spiro atoms. The van der Waals surface area contributed by atoms with Crippen molar-refractivity contribution in [1.82, 2.24) is 9.55 Å². The van der Waals surface area contributed by atoms with Crippen molar-refractivity contribution in [2.45, 2.75) is 26.8 Å². The van der Waals surface area contributed by atoms with Crippen LogP contribution in [0.3, 0.4) is 0 Å². The van der Waals surface area contributed by atoms with Crippen LogP contribution in [-0.2, 0) is 0 Å². The van der Waals surface area contributed by atoms with Crippen LogP contribution in [0.25, 0.3) is 0 Å². The van der Waals surface area contributed by atoms with Gasteiger partial charge in [-0.3, -0.25) is 9.78 Å². The number of hydrogen-bond acceptors (Lipinski definition) is 2. The highest BCUT2D eigenvalue weighted by atomic mass is 16.1. The average Bonchev–Trinajstić information content (AvgIpc) is 2.64. The molecule has 0 bridgehead atoms. The summed E-state index contributed by atoms with van der Waals surface area (Å²) >= 11 is 0. The first kappa shape index (κ1) is 11.6. The first-order valence-corrected chi connectivity index (χ1v) is 5.68. The van der Waals surface area contributed by atoms with Gasteiger partial charge in [-0.05, 0) is 38.5 Å². The molecule has 0 aliphatic carbocycles. The monoisotopic (exact) mass is 228 g/mol. The summed E-state index contributed by atoms with van der Waals surface area (Å²) in [6, 6.07) is 6.10. The lowest BCUT2D eigenvalue weighted by Crippen LogP contribution is -2.10. The van der Waals surface area contributed by atoms with E-state index >= 15 is 0 Å². The molecule has 0 radical (unpaired) electrons. The summed E-state index contributed by atoms with van der Waals surface area (Å²) in [7, 11) is 0.